The van der Waals surface area contributed by atoms with Crippen LogP contribution < -0.4 is 0 Å². The van der Waals surface area contributed by atoms with Gasteiger partial charge in [-0.3, -0.25) is 0 Å². The monoisotopic (exact) mass is 444 g/mol. The summed E-state index contributed by atoms with van der Waals surface area (Å²) in [5.41, 5.74) is 1.89. The fourth-order valence-electron chi connectivity index (χ4n) is 2.10. The summed E-state index contributed by atoms with van der Waals surface area (Å²) in [6.07, 6.45) is -0.597. The predicted molar refractivity (Wildman–Crippen MR) is 92.7 cm³/mol. The molecule has 1 nitrogen and oxygen atoms in total. The highest BCUT2D eigenvalue weighted by molar-refractivity contribution is 14.1. The van der Waals surface area contributed by atoms with Crippen molar-refractivity contribution in [3.8, 4) is 0 Å². The molecular weight excluding hydrogens is 435 g/mol. The van der Waals surface area contributed by atoms with Gasteiger partial charge in [0.15, 0.2) is 0 Å². The van der Waals surface area contributed by atoms with E-state index in [0.29, 0.717) is 0 Å². The van der Waals surface area contributed by atoms with Gasteiger partial charge in [0.05, 0.1) is 0 Å². The molecule has 19 heavy (non-hydrogen) atoms. The lowest BCUT2D eigenvalue weighted by atomic mass is 10.0. The van der Waals surface area contributed by atoms with Gasteiger partial charge in [-0.05, 0) is 57.6 Å². The van der Waals surface area contributed by atoms with E-state index in [0.717, 1.165) is 24.6 Å². The average Bonchev–Trinajstić information content (AvgIpc) is 2.84. The molecule has 0 saturated carbocycles. The van der Waals surface area contributed by atoms with Gasteiger partial charge in [-0.2, -0.15) is 0 Å². The van der Waals surface area contributed by atoms with Crippen LogP contribution in [0.3, 0.4) is 0 Å². The molecule has 0 radical (unpaired) electrons. The van der Waals surface area contributed by atoms with Crippen molar-refractivity contribution in [2.45, 2.75) is 6.10 Å². The zero-order chi connectivity index (χ0) is 13.4. The van der Waals surface area contributed by atoms with Crippen molar-refractivity contribution in [1.82, 2.24) is 0 Å². The van der Waals surface area contributed by atoms with Crippen molar-refractivity contribution < 1.29 is 5.11 Å². The fourth-order valence-corrected chi connectivity index (χ4v) is 4.06. The maximum Gasteiger partial charge on any atom is 0.107 e. The molecule has 1 heterocycles. The van der Waals surface area contributed by atoms with E-state index in [9.17, 15) is 5.11 Å². The molecule has 0 aliphatic rings. The Kier molecular flexibility index (Phi) is 3.93. The predicted octanol–water partition coefficient (Wildman–Crippen LogP) is 5.35. The summed E-state index contributed by atoms with van der Waals surface area (Å²) in [7, 11) is 0. The highest BCUT2D eigenvalue weighted by atomic mass is 127. The molecule has 3 aromatic rings. The van der Waals surface area contributed by atoms with Crippen molar-refractivity contribution in [3.05, 3.63) is 67.0 Å². The molecule has 1 unspecified atom stereocenters. The number of thiophene rings is 1. The average molecular weight is 445 g/mol. The molecule has 0 bridgehead atoms. The smallest absolute Gasteiger partial charge is 0.107 e. The third-order valence-electron chi connectivity index (χ3n) is 3.06. The first-order valence-corrected chi connectivity index (χ1v) is 8.51. The summed E-state index contributed by atoms with van der Waals surface area (Å²) in [5.74, 6) is 0. The Morgan fingerprint density at radius 1 is 1.11 bits per heavy atom. The summed E-state index contributed by atoms with van der Waals surface area (Å²) in [6, 6.07) is 14.2. The number of benzene rings is 2. The molecular formula is C15H10BrIOS. The minimum absolute atomic E-state index is 0.597. The SMILES string of the molecule is OC(c1cc(I)ccc1Br)c1csc2ccccc12. The Morgan fingerprint density at radius 2 is 1.89 bits per heavy atom. The molecule has 1 N–H and O–H groups in total. The van der Waals surface area contributed by atoms with Crippen LogP contribution in [0.15, 0.2) is 52.3 Å². The lowest BCUT2D eigenvalue weighted by Crippen LogP contribution is -2.00. The quantitative estimate of drug-likeness (QED) is 0.528. The molecule has 0 saturated heterocycles. The molecule has 0 spiro atoms. The molecule has 4 heteroatoms. The van der Waals surface area contributed by atoms with E-state index < -0.39 is 6.10 Å². The molecule has 3 rings (SSSR count). The normalized spacial score (nSPS) is 12.8. The van der Waals surface area contributed by atoms with Crippen LogP contribution in [0.4, 0.5) is 0 Å². The second-order valence-electron chi connectivity index (χ2n) is 4.26. The topological polar surface area (TPSA) is 20.2 Å². The van der Waals surface area contributed by atoms with Gasteiger partial charge in [0.25, 0.3) is 0 Å². The number of fused-ring (bicyclic) bond motifs is 1. The molecule has 0 aliphatic carbocycles. The van der Waals surface area contributed by atoms with E-state index in [1.54, 1.807) is 11.3 Å². The van der Waals surface area contributed by atoms with Gasteiger partial charge < -0.3 is 5.11 Å². The molecule has 0 aliphatic heterocycles. The van der Waals surface area contributed by atoms with Gasteiger partial charge in [0.2, 0.25) is 0 Å². The van der Waals surface area contributed by atoms with E-state index >= 15 is 0 Å². The van der Waals surface area contributed by atoms with E-state index in [2.05, 4.69) is 50.7 Å². The van der Waals surface area contributed by atoms with E-state index in [1.165, 1.54) is 4.70 Å². The third-order valence-corrected chi connectivity index (χ3v) is 5.43. The fraction of sp³-hybridized carbons (Fsp3) is 0.0667. The van der Waals surface area contributed by atoms with E-state index in [4.69, 9.17) is 0 Å². The molecule has 96 valence electrons. The van der Waals surface area contributed by atoms with Crippen molar-refractivity contribution in [3.63, 3.8) is 0 Å². The van der Waals surface area contributed by atoms with Crippen molar-refractivity contribution in [2.24, 2.45) is 0 Å². The van der Waals surface area contributed by atoms with Crippen LogP contribution in [0, 0.1) is 3.57 Å². The zero-order valence-corrected chi connectivity index (χ0v) is 14.4. The Balaban J connectivity index is 2.13. The van der Waals surface area contributed by atoms with Gasteiger partial charge in [0.1, 0.15) is 6.10 Å². The Morgan fingerprint density at radius 3 is 2.74 bits per heavy atom. The largest absolute Gasteiger partial charge is 0.384 e. The number of aliphatic hydroxyl groups excluding tert-OH is 1. The molecule has 1 aromatic heterocycles. The summed E-state index contributed by atoms with van der Waals surface area (Å²) in [4.78, 5) is 0. The van der Waals surface area contributed by atoms with Crippen LogP contribution in [0.25, 0.3) is 10.1 Å². The Bertz CT molecular complexity index is 738. The van der Waals surface area contributed by atoms with Gasteiger partial charge in [-0.25, -0.2) is 0 Å². The minimum atomic E-state index is -0.597. The lowest BCUT2D eigenvalue weighted by molar-refractivity contribution is 0.221. The van der Waals surface area contributed by atoms with Crippen LogP contribution in [-0.2, 0) is 0 Å². The number of hydrogen-bond acceptors (Lipinski definition) is 2. The first-order chi connectivity index (χ1) is 9.16. The summed E-state index contributed by atoms with van der Waals surface area (Å²) >= 11 is 7.45. The Labute approximate surface area is 137 Å². The van der Waals surface area contributed by atoms with Crippen molar-refractivity contribution in [2.75, 3.05) is 0 Å². The molecule has 2 aromatic carbocycles. The van der Waals surface area contributed by atoms with Crippen LogP contribution in [-0.4, -0.2) is 5.11 Å². The summed E-state index contributed by atoms with van der Waals surface area (Å²) in [5, 5.41) is 13.8. The van der Waals surface area contributed by atoms with E-state index in [1.807, 2.05) is 35.7 Å². The zero-order valence-electron chi connectivity index (χ0n) is 9.81. The Hall–Kier alpha value is -0.430. The van der Waals surface area contributed by atoms with E-state index in [-0.39, 0.29) is 0 Å². The van der Waals surface area contributed by atoms with Crippen LogP contribution in [0.1, 0.15) is 17.2 Å². The van der Waals surface area contributed by atoms with Gasteiger partial charge in [0, 0.05) is 23.9 Å². The number of hydrogen-bond donors (Lipinski definition) is 1. The van der Waals surface area contributed by atoms with Crippen molar-refractivity contribution >= 4 is 59.9 Å². The molecule has 0 fully saturated rings. The first-order valence-electron chi connectivity index (χ1n) is 5.76. The minimum Gasteiger partial charge on any atom is -0.384 e. The maximum absolute atomic E-state index is 10.7. The van der Waals surface area contributed by atoms with Gasteiger partial charge in [-0.15, -0.1) is 11.3 Å². The third kappa shape index (κ3) is 2.59. The summed E-state index contributed by atoms with van der Waals surface area (Å²) in [6.45, 7) is 0. The van der Waals surface area contributed by atoms with Gasteiger partial charge in [-0.1, -0.05) is 34.1 Å². The van der Waals surface area contributed by atoms with Crippen LogP contribution in [0.2, 0.25) is 0 Å². The number of halogens is 2. The standard InChI is InChI=1S/C15H10BrIOS/c16-13-6-5-9(17)7-11(13)15(18)12-8-19-14-4-2-1-3-10(12)14/h1-8,15,18H. The number of aliphatic hydroxyl groups is 1. The van der Waals surface area contributed by atoms with Gasteiger partial charge >= 0.3 is 0 Å². The maximum atomic E-state index is 10.7. The molecule has 1 atom stereocenters. The highest BCUT2D eigenvalue weighted by Gasteiger charge is 2.17. The second-order valence-corrected chi connectivity index (χ2v) is 7.27. The van der Waals surface area contributed by atoms with Crippen LogP contribution in [0.5, 0.6) is 0 Å². The first kappa shape index (κ1) is 13.5. The second kappa shape index (κ2) is 5.52. The van der Waals surface area contributed by atoms with Crippen LogP contribution >= 0.6 is 49.9 Å². The molecule has 0 amide bonds. The number of rotatable bonds is 2. The summed E-state index contributed by atoms with van der Waals surface area (Å²) < 4.78 is 3.27. The van der Waals surface area contributed by atoms with Crippen molar-refractivity contribution in [1.29, 1.82) is 0 Å². The highest BCUT2D eigenvalue weighted by Crippen LogP contribution is 2.36. The lowest BCUT2D eigenvalue weighted by Gasteiger charge is -2.13.